The van der Waals surface area contributed by atoms with E-state index in [1.165, 1.54) is 24.7 Å². The molecule has 0 heteroatoms. The summed E-state index contributed by atoms with van der Waals surface area (Å²) in [6, 6.07) is 0. The zero-order valence-electron chi connectivity index (χ0n) is 9.41. The van der Waals surface area contributed by atoms with E-state index in [-0.39, 0.29) is 0 Å². The monoisotopic (exact) mass is 200 g/mol. The molecule has 0 spiro atoms. The van der Waals surface area contributed by atoms with Gasteiger partial charge >= 0.3 is 0 Å². The predicted molar refractivity (Wildman–Crippen MR) is 60.3 cm³/mol. The van der Waals surface area contributed by atoms with Crippen LogP contribution in [0.5, 0.6) is 0 Å². The molecule has 80 valence electrons. The number of rotatable bonds is 0. The summed E-state index contributed by atoms with van der Waals surface area (Å²) in [5.41, 5.74) is 2.81. The molecule has 0 aromatic carbocycles. The second-order valence-electron chi connectivity index (χ2n) is 6.98. The van der Waals surface area contributed by atoms with Crippen molar-refractivity contribution < 1.29 is 0 Å². The van der Waals surface area contributed by atoms with Crippen molar-refractivity contribution in [2.24, 2.45) is 35.0 Å². The maximum absolute atomic E-state index is 2.62. The lowest BCUT2D eigenvalue weighted by Gasteiger charge is -2.54. The van der Waals surface area contributed by atoms with E-state index in [0.29, 0.717) is 0 Å². The standard InChI is InChI=1S/C15H20/c1-2-6-15-8-11(12(15)3-1)13-9-4-5-10(7-9)14(13)15/h4,10-14H,1-3,5-8H2. The van der Waals surface area contributed by atoms with Crippen LogP contribution >= 0.6 is 0 Å². The summed E-state index contributed by atoms with van der Waals surface area (Å²) >= 11 is 0. The lowest BCUT2D eigenvalue weighted by Crippen LogP contribution is -2.46. The van der Waals surface area contributed by atoms with Gasteiger partial charge < -0.3 is 0 Å². The summed E-state index contributed by atoms with van der Waals surface area (Å²) in [6.45, 7) is 0. The minimum Gasteiger partial charge on any atom is -0.0847 e. The van der Waals surface area contributed by atoms with Gasteiger partial charge in [0.15, 0.2) is 0 Å². The molecule has 4 bridgehead atoms. The third kappa shape index (κ3) is 0.656. The normalized spacial score (nSPS) is 63.5. The maximum atomic E-state index is 2.62. The van der Waals surface area contributed by atoms with Gasteiger partial charge in [0.05, 0.1) is 0 Å². The number of hydrogen-bond donors (Lipinski definition) is 0. The Morgan fingerprint density at radius 2 is 2.27 bits per heavy atom. The third-order valence-electron chi connectivity index (χ3n) is 6.91. The first kappa shape index (κ1) is 7.92. The molecule has 0 amide bonds. The van der Waals surface area contributed by atoms with E-state index < -0.39 is 0 Å². The quantitative estimate of drug-likeness (QED) is 0.522. The van der Waals surface area contributed by atoms with Crippen LogP contribution < -0.4 is 0 Å². The summed E-state index contributed by atoms with van der Waals surface area (Å²) < 4.78 is 0. The second-order valence-corrected chi connectivity index (χ2v) is 6.98. The molecule has 0 heterocycles. The van der Waals surface area contributed by atoms with Gasteiger partial charge in [0.2, 0.25) is 0 Å². The van der Waals surface area contributed by atoms with Crippen molar-refractivity contribution in [3.63, 3.8) is 0 Å². The average Bonchev–Trinajstić information content (AvgIpc) is 2.90. The fourth-order valence-corrected chi connectivity index (χ4v) is 6.74. The summed E-state index contributed by atoms with van der Waals surface area (Å²) in [7, 11) is 0. The SMILES string of the molecule is C1=C2CC(C1)C1C2C2CC13CCCCC23. The van der Waals surface area contributed by atoms with Crippen molar-refractivity contribution in [3.05, 3.63) is 11.6 Å². The van der Waals surface area contributed by atoms with Gasteiger partial charge in [-0.1, -0.05) is 24.5 Å². The molecule has 0 aliphatic heterocycles. The zero-order chi connectivity index (χ0) is 9.62. The van der Waals surface area contributed by atoms with E-state index in [0.717, 1.165) is 23.2 Å². The van der Waals surface area contributed by atoms with Crippen molar-refractivity contribution in [2.45, 2.75) is 44.9 Å². The van der Waals surface area contributed by atoms with Gasteiger partial charge in [0.1, 0.15) is 0 Å². The highest BCUT2D eigenvalue weighted by Gasteiger charge is 2.73. The molecule has 0 nitrogen and oxygen atoms in total. The molecule has 0 radical (unpaired) electrons. The number of allylic oxidation sites excluding steroid dienone is 2. The van der Waals surface area contributed by atoms with Gasteiger partial charge in [-0.25, -0.2) is 0 Å². The topological polar surface area (TPSA) is 0 Å². The molecule has 15 heavy (non-hydrogen) atoms. The third-order valence-corrected chi connectivity index (χ3v) is 6.91. The molecule has 4 saturated carbocycles. The van der Waals surface area contributed by atoms with Crippen molar-refractivity contribution in [2.75, 3.05) is 0 Å². The van der Waals surface area contributed by atoms with Crippen LogP contribution in [-0.4, -0.2) is 0 Å². The van der Waals surface area contributed by atoms with Gasteiger partial charge in [0, 0.05) is 0 Å². The lowest BCUT2D eigenvalue weighted by atomic mass is 9.51. The molecule has 5 aliphatic carbocycles. The lowest BCUT2D eigenvalue weighted by molar-refractivity contribution is -0.0476. The van der Waals surface area contributed by atoms with Crippen LogP contribution in [-0.2, 0) is 0 Å². The first-order valence-corrected chi connectivity index (χ1v) is 7.09. The Morgan fingerprint density at radius 3 is 3.27 bits per heavy atom. The molecule has 4 fully saturated rings. The van der Waals surface area contributed by atoms with Gasteiger partial charge in [-0.15, -0.1) is 0 Å². The van der Waals surface area contributed by atoms with E-state index >= 15 is 0 Å². The summed E-state index contributed by atoms with van der Waals surface area (Å²) in [6.07, 6.45) is 13.5. The van der Waals surface area contributed by atoms with Gasteiger partial charge in [-0.2, -0.15) is 0 Å². The zero-order valence-corrected chi connectivity index (χ0v) is 9.41. The van der Waals surface area contributed by atoms with Crippen molar-refractivity contribution in [1.82, 2.24) is 0 Å². The first-order chi connectivity index (χ1) is 7.40. The minimum atomic E-state index is 0.897. The highest BCUT2D eigenvalue weighted by molar-refractivity contribution is 5.34. The van der Waals surface area contributed by atoms with Gasteiger partial charge in [0.25, 0.3) is 0 Å². The highest BCUT2D eigenvalue weighted by Crippen LogP contribution is 2.80. The van der Waals surface area contributed by atoms with Crippen LogP contribution in [0.2, 0.25) is 0 Å². The second kappa shape index (κ2) is 2.21. The molecule has 6 unspecified atom stereocenters. The predicted octanol–water partition coefficient (Wildman–Crippen LogP) is 3.78. The molecular weight excluding hydrogens is 180 g/mol. The summed E-state index contributed by atoms with van der Waals surface area (Å²) in [5.74, 6) is 5.73. The Bertz CT molecular complexity index is 366. The Balaban J connectivity index is 1.66. The first-order valence-electron chi connectivity index (χ1n) is 7.09. The Morgan fingerprint density at radius 1 is 1.27 bits per heavy atom. The smallest absolute Gasteiger partial charge is 0.0135 e. The largest absolute Gasteiger partial charge is 0.0847 e. The van der Waals surface area contributed by atoms with Crippen molar-refractivity contribution in [3.8, 4) is 0 Å². The molecule has 5 rings (SSSR count). The van der Waals surface area contributed by atoms with Crippen LogP contribution in [0.15, 0.2) is 11.6 Å². The maximum Gasteiger partial charge on any atom is -0.0135 e. The van der Waals surface area contributed by atoms with Gasteiger partial charge in [-0.3, -0.25) is 0 Å². The van der Waals surface area contributed by atoms with E-state index in [9.17, 15) is 0 Å². The Labute approximate surface area is 92.1 Å². The minimum absolute atomic E-state index is 0.897. The summed E-state index contributed by atoms with van der Waals surface area (Å²) in [4.78, 5) is 0. The van der Waals surface area contributed by atoms with E-state index in [2.05, 4.69) is 6.08 Å². The molecule has 0 aromatic rings. The number of hydrogen-bond acceptors (Lipinski definition) is 0. The molecule has 6 atom stereocenters. The average molecular weight is 200 g/mol. The van der Waals surface area contributed by atoms with Crippen LogP contribution in [0.25, 0.3) is 0 Å². The molecule has 5 aliphatic rings. The Kier molecular flexibility index (Phi) is 1.17. The molecular formula is C15H20. The van der Waals surface area contributed by atoms with E-state index in [1.807, 2.05) is 5.57 Å². The Hall–Kier alpha value is -0.260. The fraction of sp³-hybridized carbons (Fsp3) is 0.867. The van der Waals surface area contributed by atoms with E-state index in [4.69, 9.17) is 0 Å². The van der Waals surface area contributed by atoms with Crippen LogP contribution in [0.1, 0.15) is 44.9 Å². The van der Waals surface area contributed by atoms with Crippen molar-refractivity contribution in [1.29, 1.82) is 0 Å². The van der Waals surface area contributed by atoms with Crippen molar-refractivity contribution >= 4 is 0 Å². The molecule has 0 aromatic heterocycles. The fourth-order valence-electron chi connectivity index (χ4n) is 6.74. The highest BCUT2D eigenvalue weighted by atomic mass is 14.8. The van der Waals surface area contributed by atoms with Crippen LogP contribution in [0, 0.1) is 35.0 Å². The van der Waals surface area contributed by atoms with Crippen LogP contribution in [0.4, 0.5) is 0 Å². The molecule has 0 saturated heterocycles. The molecule has 0 N–H and O–H groups in total. The number of fused-ring (bicyclic) bond motifs is 6. The van der Waals surface area contributed by atoms with Gasteiger partial charge in [-0.05, 0) is 67.1 Å². The summed E-state index contributed by atoms with van der Waals surface area (Å²) in [5, 5.41) is 0. The van der Waals surface area contributed by atoms with Crippen LogP contribution in [0.3, 0.4) is 0 Å². The van der Waals surface area contributed by atoms with E-state index in [1.54, 1.807) is 32.1 Å².